The molecule has 0 radical (unpaired) electrons. The average molecular weight is 273 g/mol. The van der Waals surface area contributed by atoms with Crippen LogP contribution in [0, 0.1) is 12.3 Å². The Morgan fingerprint density at radius 1 is 1.37 bits per heavy atom. The summed E-state index contributed by atoms with van der Waals surface area (Å²) in [5.41, 5.74) is 2.28. The Labute approximate surface area is 116 Å². The summed E-state index contributed by atoms with van der Waals surface area (Å²) in [7, 11) is 0. The number of rotatable bonds is 3. The van der Waals surface area contributed by atoms with E-state index in [0.29, 0.717) is 16.6 Å². The first-order chi connectivity index (χ1) is 9.22. The van der Waals surface area contributed by atoms with Crippen LogP contribution in [0.3, 0.4) is 0 Å². The topological polar surface area (TPSA) is 38.1 Å². The number of terminal acetylenes is 1. The van der Waals surface area contributed by atoms with Crippen molar-refractivity contribution in [3.8, 4) is 18.0 Å². The Morgan fingerprint density at radius 3 is 2.63 bits per heavy atom. The summed E-state index contributed by atoms with van der Waals surface area (Å²) in [5, 5.41) is 14.9. The summed E-state index contributed by atoms with van der Waals surface area (Å²) in [6, 6.07) is 9.60. The molecular formula is C15H13ClN2O. The molecule has 0 aliphatic heterocycles. The number of halogens is 1. The van der Waals surface area contributed by atoms with Gasteiger partial charge in [-0.3, -0.25) is 0 Å². The normalized spacial score (nSPS) is 16.1. The highest BCUT2D eigenvalue weighted by Gasteiger charge is 2.33. The van der Waals surface area contributed by atoms with Gasteiger partial charge in [-0.05, 0) is 25.0 Å². The number of benzene rings is 1. The summed E-state index contributed by atoms with van der Waals surface area (Å²) in [4.78, 5) is 0. The van der Waals surface area contributed by atoms with Gasteiger partial charge in [0, 0.05) is 5.92 Å². The largest absolute Gasteiger partial charge is 0.376 e. The highest BCUT2D eigenvalue weighted by atomic mass is 35.5. The van der Waals surface area contributed by atoms with E-state index in [1.165, 1.54) is 0 Å². The van der Waals surface area contributed by atoms with E-state index in [9.17, 15) is 5.11 Å². The van der Waals surface area contributed by atoms with E-state index in [0.717, 1.165) is 24.2 Å². The molecule has 3 rings (SSSR count). The van der Waals surface area contributed by atoms with Crippen LogP contribution in [0.25, 0.3) is 5.69 Å². The van der Waals surface area contributed by atoms with E-state index >= 15 is 0 Å². The smallest absolute Gasteiger partial charge is 0.144 e. The molecule has 96 valence electrons. The van der Waals surface area contributed by atoms with Gasteiger partial charge in [0.05, 0.1) is 16.9 Å². The van der Waals surface area contributed by atoms with Gasteiger partial charge in [-0.15, -0.1) is 6.42 Å². The van der Waals surface area contributed by atoms with Crippen molar-refractivity contribution in [2.45, 2.75) is 24.9 Å². The fraction of sp³-hybridized carbons (Fsp3) is 0.267. The van der Waals surface area contributed by atoms with Crippen molar-refractivity contribution in [3.05, 3.63) is 46.7 Å². The van der Waals surface area contributed by atoms with Crippen molar-refractivity contribution in [3.63, 3.8) is 0 Å². The van der Waals surface area contributed by atoms with Gasteiger partial charge < -0.3 is 5.11 Å². The molecule has 4 heteroatoms. The third-order valence-corrected chi connectivity index (χ3v) is 3.65. The van der Waals surface area contributed by atoms with Crippen LogP contribution in [-0.2, 0) is 0 Å². The molecule has 1 aliphatic rings. The summed E-state index contributed by atoms with van der Waals surface area (Å²) in [5.74, 6) is 2.70. The molecule has 1 heterocycles. The van der Waals surface area contributed by atoms with Crippen molar-refractivity contribution in [1.82, 2.24) is 9.78 Å². The van der Waals surface area contributed by atoms with Crippen LogP contribution in [0.4, 0.5) is 0 Å². The SMILES string of the molecule is C#CC(O)c1c(C2CC2)nn(-c2ccccc2)c1Cl. The maximum atomic E-state index is 9.95. The zero-order valence-electron chi connectivity index (χ0n) is 10.3. The molecule has 0 saturated heterocycles. The molecule has 1 fully saturated rings. The molecule has 2 aromatic rings. The lowest BCUT2D eigenvalue weighted by Crippen LogP contribution is -1.97. The zero-order chi connectivity index (χ0) is 13.4. The first-order valence-electron chi connectivity index (χ1n) is 6.20. The fourth-order valence-electron chi connectivity index (χ4n) is 2.16. The molecule has 1 unspecified atom stereocenters. The van der Waals surface area contributed by atoms with Crippen LogP contribution in [0.15, 0.2) is 30.3 Å². The van der Waals surface area contributed by atoms with E-state index in [2.05, 4.69) is 11.0 Å². The number of aliphatic hydroxyl groups excluding tert-OH is 1. The lowest BCUT2D eigenvalue weighted by atomic mass is 10.1. The predicted octanol–water partition coefficient (Wildman–Crippen LogP) is 3.07. The molecule has 19 heavy (non-hydrogen) atoms. The highest BCUT2D eigenvalue weighted by Crippen LogP contribution is 2.44. The zero-order valence-corrected chi connectivity index (χ0v) is 11.0. The standard InChI is InChI=1S/C15H13ClN2O/c1-2-12(19)13-14(10-8-9-10)17-18(15(13)16)11-6-4-3-5-7-11/h1,3-7,10,12,19H,8-9H2. The molecule has 3 nitrogen and oxygen atoms in total. The van der Waals surface area contributed by atoms with Crippen LogP contribution in [0.5, 0.6) is 0 Å². The van der Waals surface area contributed by atoms with Crippen LogP contribution in [0.2, 0.25) is 5.15 Å². The predicted molar refractivity (Wildman–Crippen MR) is 74.3 cm³/mol. The molecule has 1 saturated carbocycles. The average Bonchev–Trinajstić information content (AvgIpc) is 3.23. The van der Waals surface area contributed by atoms with Crippen LogP contribution < -0.4 is 0 Å². The van der Waals surface area contributed by atoms with E-state index < -0.39 is 6.10 Å². The molecule has 1 aliphatic carbocycles. The van der Waals surface area contributed by atoms with Crippen LogP contribution in [-0.4, -0.2) is 14.9 Å². The van der Waals surface area contributed by atoms with Gasteiger partial charge in [0.2, 0.25) is 0 Å². The van der Waals surface area contributed by atoms with Crippen molar-refractivity contribution < 1.29 is 5.11 Å². The Hall–Kier alpha value is -1.76. The third kappa shape index (κ3) is 2.14. The number of aromatic nitrogens is 2. The lowest BCUT2D eigenvalue weighted by Gasteiger charge is -2.05. The summed E-state index contributed by atoms with van der Waals surface area (Å²) in [6.07, 6.45) is 6.47. The van der Waals surface area contributed by atoms with Gasteiger partial charge in [-0.2, -0.15) is 5.10 Å². The van der Waals surface area contributed by atoms with E-state index in [-0.39, 0.29) is 0 Å². The number of hydrogen-bond donors (Lipinski definition) is 1. The van der Waals surface area contributed by atoms with Crippen molar-refractivity contribution in [2.24, 2.45) is 0 Å². The number of para-hydroxylation sites is 1. The minimum absolute atomic E-state index is 0.375. The van der Waals surface area contributed by atoms with Gasteiger partial charge in [0.1, 0.15) is 11.3 Å². The quantitative estimate of drug-likeness (QED) is 0.872. The first-order valence-corrected chi connectivity index (χ1v) is 6.58. The number of hydrogen-bond acceptors (Lipinski definition) is 2. The first kappa shape index (κ1) is 12.3. The summed E-state index contributed by atoms with van der Waals surface area (Å²) in [6.45, 7) is 0. The Morgan fingerprint density at radius 2 is 2.05 bits per heavy atom. The van der Waals surface area contributed by atoms with Crippen LogP contribution >= 0.6 is 11.6 Å². The lowest BCUT2D eigenvalue weighted by molar-refractivity contribution is 0.237. The Balaban J connectivity index is 2.15. The molecule has 0 bridgehead atoms. The molecule has 1 N–H and O–H groups in total. The van der Waals surface area contributed by atoms with Gasteiger partial charge >= 0.3 is 0 Å². The minimum Gasteiger partial charge on any atom is -0.376 e. The number of nitrogens with zero attached hydrogens (tertiary/aromatic N) is 2. The molecule has 1 aromatic carbocycles. The Kier molecular flexibility index (Phi) is 3.06. The molecular weight excluding hydrogens is 260 g/mol. The maximum absolute atomic E-state index is 9.95. The second-order valence-corrected chi connectivity index (χ2v) is 5.04. The van der Waals surface area contributed by atoms with Crippen molar-refractivity contribution in [1.29, 1.82) is 0 Å². The molecule has 1 atom stereocenters. The van der Waals surface area contributed by atoms with Gasteiger partial charge in [0.15, 0.2) is 0 Å². The minimum atomic E-state index is -0.999. The van der Waals surface area contributed by atoms with Gasteiger partial charge in [-0.1, -0.05) is 35.7 Å². The van der Waals surface area contributed by atoms with Gasteiger partial charge in [-0.25, -0.2) is 4.68 Å². The van der Waals surface area contributed by atoms with Gasteiger partial charge in [0.25, 0.3) is 0 Å². The molecule has 0 amide bonds. The maximum Gasteiger partial charge on any atom is 0.144 e. The second-order valence-electron chi connectivity index (χ2n) is 4.68. The van der Waals surface area contributed by atoms with E-state index in [4.69, 9.17) is 18.0 Å². The van der Waals surface area contributed by atoms with E-state index in [1.54, 1.807) is 4.68 Å². The summed E-state index contributed by atoms with van der Waals surface area (Å²) < 4.78 is 1.64. The van der Waals surface area contributed by atoms with Crippen molar-refractivity contribution >= 4 is 11.6 Å². The Bertz CT molecular complexity index is 638. The van der Waals surface area contributed by atoms with Crippen LogP contribution in [0.1, 0.15) is 36.1 Å². The van der Waals surface area contributed by atoms with Crippen molar-refractivity contribution in [2.75, 3.05) is 0 Å². The highest BCUT2D eigenvalue weighted by molar-refractivity contribution is 6.30. The number of aliphatic hydroxyl groups is 1. The third-order valence-electron chi connectivity index (χ3n) is 3.29. The monoisotopic (exact) mass is 272 g/mol. The molecule has 1 aromatic heterocycles. The van der Waals surface area contributed by atoms with E-state index in [1.807, 2.05) is 30.3 Å². The fourth-order valence-corrected chi connectivity index (χ4v) is 2.50. The second kappa shape index (κ2) is 4.73. The summed E-state index contributed by atoms with van der Waals surface area (Å²) >= 11 is 6.35. The molecule has 0 spiro atoms.